The van der Waals surface area contributed by atoms with Crippen LogP contribution in [0.4, 0.5) is 11.4 Å². The number of rotatable bonds is 4. The fourth-order valence-electron chi connectivity index (χ4n) is 1.93. The monoisotopic (exact) mass is 298 g/mol. The smallest absolute Gasteiger partial charge is 0.337 e. The van der Waals surface area contributed by atoms with Crippen molar-refractivity contribution in [2.24, 2.45) is 0 Å². The number of carboxylic acids is 2. The van der Waals surface area contributed by atoms with Crippen LogP contribution in [0.15, 0.2) is 36.4 Å². The molecule has 0 atom stereocenters. The molecule has 0 aliphatic carbocycles. The Labute approximate surface area is 126 Å². The van der Waals surface area contributed by atoms with Gasteiger partial charge in [0.15, 0.2) is 0 Å². The maximum atomic E-state index is 10.9. The van der Waals surface area contributed by atoms with Crippen LogP contribution in [0.3, 0.4) is 0 Å². The van der Waals surface area contributed by atoms with Crippen molar-refractivity contribution in [1.82, 2.24) is 0 Å². The molecule has 2 aromatic carbocycles. The Morgan fingerprint density at radius 2 is 1.59 bits per heavy atom. The van der Waals surface area contributed by atoms with E-state index in [-0.39, 0.29) is 16.8 Å². The third kappa shape index (κ3) is 3.24. The maximum Gasteiger partial charge on any atom is 0.337 e. The van der Waals surface area contributed by atoms with Gasteiger partial charge in [0.2, 0.25) is 0 Å². The summed E-state index contributed by atoms with van der Waals surface area (Å²) in [5.74, 6) is -2.12. The van der Waals surface area contributed by atoms with Gasteiger partial charge in [0.1, 0.15) is 0 Å². The Bertz CT molecular complexity index is 782. The number of nitrogens with two attached hydrogens (primary N) is 2. The standard InChI is InChI=1S/C16H14N2O4/c17-13-8-11(15(19)20)5-4-10(13)3-1-9-2-6-12(16(21)22)14(18)7-9/h1-8H,17-18H2,(H,19,20)(H,21,22). The number of hydrogen-bond donors (Lipinski definition) is 4. The van der Waals surface area contributed by atoms with Crippen molar-refractivity contribution in [3.8, 4) is 0 Å². The summed E-state index contributed by atoms with van der Waals surface area (Å²) in [5, 5.41) is 17.8. The molecule has 0 aliphatic rings. The fourth-order valence-corrected chi connectivity index (χ4v) is 1.93. The van der Waals surface area contributed by atoms with Gasteiger partial charge in [-0.05, 0) is 35.4 Å². The fraction of sp³-hybridized carbons (Fsp3) is 0. The number of anilines is 2. The van der Waals surface area contributed by atoms with Gasteiger partial charge in [0.05, 0.1) is 11.1 Å². The second-order valence-electron chi connectivity index (χ2n) is 4.63. The van der Waals surface area contributed by atoms with Crippen LogP contribution in [0.1, 0.15) is 31.8 Å². The summed E-state index contributed by atoms with van der Waals surface area (Å²) in [6.45, 7) is 0. The number of benzene rings is 2. The van der Waals surface area contributed by atoms with Crippen molar-refractivity contribution in [2.45, 2.75) is 0 Å². The van der Waals surface area contributed by atoms with Crippen molar-refractivity contribution >= 4 is 35.5 Å². The number of carboxylic acid groups (broad SMARTS) is 2. The summed E-state index contributed by atoms with van der Waals surface area (Å²) >= 11 is 0. The zero-order chi connectivity index (χ0) is 16.3. The molecule has 2 aromatic rings. The Hall–Kier alpha value is -3.28. The normalized spacial score (nSPS) is 10.7. The average Bonchev–Trinajstić information content (AvgIpc) is 2.45. The van der Waals surface area contributed by atoms with E-state index in [1.165, 1.54) is 18.2 Å². The number of hydrogen-bond acceptors (Lipinski definition) is 4. The first kappa shape index (κ1) is 15.1. The molecule has 0 spiro atoms. The minimum atomic E-state index is -1.08. The van der Waals surface area contributed by atoms with Gasteiger partial charge in [0, 0.05) is 11.4 Å². The van der Waals surface area contributed by atoms with Crippen LogP contribution in [0.25, 0.3) is 12.2 Å². The molecule has 0 saturated heterocycles. The van der Waals surface area contributed by atoms with E-state index >= 15 is 0 Å². The zero-order valence-electron chi connectivity index (χ0n) is 11.5. The first-order chi connectivity index (χ1) is 10.4. The van der Waals surface area contributed by atoms with Crippen molar-refractivity contribution in [1.29, 1.82) is 0 Å². The Morgan fingerprint density at radius 3 is 2.14 bits per heavy atom. The van der Waals surface area contributed by atoms with Gasteiger partial charge in [-0.25, -0.2) is 9.59 Å². The Balaban J connectivity index is 2.27. The summed E-state index contributed by atoms with van der Waals surface area (Å²) < 4.78 is 0. The third-order valence-electron chi connectivity index (χ3n) is 3.10. The first-order valence-corrected chi connectivity index (χ1v) is 6.32. The lowest BCUT2D eigenvalue weighted by molar-refractivity contribution is 0.0686. The molecule has 6 N–H and O–H groups in total. The van der Waals surface area contributed by atoms with Crippen molar-refractivity contribution in [2.75, 3.05) is 11.5 Å². The Kier molecular flexibility index (Phi) is 4.13. The summed E-state index contributed by atoms with van der Waals surface area (Å²) in [4.78, 5) is 21.7. The van der Waals surface area contributed by atoms with E-state index in [9.17, 15) is 9.59 Å². The van der Waals surface area contributed by atoms with E-state index in [1.54, 1.807) is 30.4 Å². The van der Waals surface area contributed by atoms with Crippen LogP contribution >= 0.6 is 0 Å². The molecule has 0 aliphatic heterocycles. The molecule has 0 bridgehead atoms. The molecular formula is C16H14N2O4. The highest BCUT2D eigenvalue weighted by atomic mass is 16.4. The highest BCUT2D eigenvalue weighted by Crippen LogP contribution is 2.20. The summed E-state index contributed by atoms with van der Waals surface area (Å²) in [5.41, 5.74) is 13.5. The van der Waals surface area contributed by atoms with Crippen molar-refractivity contribution in [3.63, 3.8) is 0 Å². The van der Waals surface area contributed by atoms with E-state index in [4.69, 9.17) is 21.7 Å². The van der Waals surface area contributed by atoms with Gasteiger partial charge >= 0.3 is 11.9 Å². The summed E-state index contributed by atoms with van der Waals surface area (Å²) in [6, 6.07) is 9.03. The average molecular weight is 298 g/mol. The highest BCUT2D eigenvalue weighted by Gasteiger charge is 2.07. The molecule has 0 aromatic heterocycles. The molecule has 6 nitrogen and oxygen atoms in total. The Morgan fingerprint density at radius 1 is 0.864 bits per heavy atom. The van der Waals surface area contributed by atoms with Gasteiger partial charge in [0.25, 0.3) is 0 Å². The topological polar surface area (TPSA) is 127 Å². The number of aromatic carboxylic acids is 2. The molecule has 6 heteroatoms. The van der Waals surface area contributed by atoms with Crippen LogP contribution in [0, 0.1) is 0 Å². The molecule has 0 radical (unpaired) electrons. The summed E-state index contributed by atoms with van der Waals surface area (Å²) in [6.07, 6.45) is 3.42. The molecule has 0 saturated carbocycles. The van der Waals surface area contributed by atoms with Crippen LogP contribution < -0.4 is 11.5 Å². The SMILES string of the molecule is Nc1cc(C(=O)O)ccc1C=Cc1ccc(C(=O)O)c(N)c1. The third-order valence-corrected chi connectivity index (χ3v) is 3.10. The maximum absolute atomic E-state index is 10.9. The molecule has 0 unspecified atom stereocenters. The van der Waals surface area contributed by atoms with Gasteiger partial charge < -0.3 is 21.7 Å². The number of nitrogen functional groups attached to an aromatic ring is 2. The lowest BCUT2D eigenvalue weighted by Crippen LogP contribution is -2.02. The lowest BCUT2D eigenvalue weighted by atomic mass is 10.1. The van der Waals surface area contributed by atoms with E-state index in [0.717, 1.165) is 0 Å². The van der Waals surface area contributed by atoms with Gasteiger partial charge in [-0.1, -0.05) is 24.3 Å². The largest absolute Gasteiger partial charge is 0.478 e. The van der Waals surface area contributed by atoms with Crippen LogP contribution in [0.2, 0.25) is 0 Å². The molecule has 112 valence electrons. The minimum Gasteiger partial charge on any atom is -0.478 e. The van der Waals surface area contributed by atoms with E-state index in [2.05, 4.69) is 0 Å². The molecule has 22 heavy (non-hydrogen) atoms. The lowest BCUT2D eigenvalue weighted by Gasteiger charge is -2.04. The van der Waals surface area contributed by atoms with Gasteiger partial charge in [-0.2, -0.15) is 0 Å². The predicted molar refractivity (Wildman–Crippen MR) is 84.6 cm³/mol. The second kappa shape index (κ2) is 6.01. The second-order valence-corrected chi connectivity index (χ2v) is 4.63. The zero-order valence-corrected chi connectivity index (χ0v) is 11.5. The molecular weight excluding hydrogens is 284 g/mol. The quantitative estimate of drug-likeness (QED) is 0.507. The van der Waals surface area contributed by atoms with E-state index in [0.29, 0.717) is 16.8 Å². The van der Waals surface area contributed by atoms with Crippen LogP contribution in [-0.4, -0.2) is 22.2 Å². The predicted octanol–water partition coefficient (Wildman–Crippen LogP) is 2.42. The van der Waals surface area contributed by atoms with E-state index < -0.39 is 11.9 Å². The van der Waals surface area contributed by atoms with Crippen molar-refractivity contribution < 1.29 is 19.8 Å². The molecule has 2 rings (SSSR count). The number of carbonyl (C=O) groups is 2. The van der Waals surface area contributed by atoms with Gasteiger partial charge in [-0.3, -0.25) is 0 Å². The van der Waals surface area contributed by atoms with Crippen LogP contribution in [-0.2, 0) is 0 Å². The van der Waals surface area contributed by atoms with Gasteiger partial charge in [-0.15, -0.1) is 0 Å². The molecule has 0 fully saturated rings. The summed E-state index contributed by atoms with van der Waals surface area (Å²) in [7, 11) is 0. The molecule has 0 heterocycles. The van der Waals surface area contributed by atoms with Crippen molar-refractivity contribution in [3.05, 3.63) is 58.7 Å². The van der Waals surface area contributed by atoms with E-state index in [1.807, 2.05) is 0 Å². The molecule has 0 amide bonds. The first-order valence-electron chi connectivity index (χ1n) is 6.32. The van der Waals surface area contributed by atoms with Crippen LogP contribution in [0.5, 0.6) is 0 Å². The minimum absolute atomic E-state index is 0.0440. The highest BCUT2D eigenvalue weighted by molar-refractivity contribution is 5.94.